The number of hydrogen-bond donors (Lipinski definition) is 2. The van der Waals surface area contributed by atoms with E-state index in [0.29, 0.717) is 32.2 Å². The molecule has 1 aliphatic carbocycles. The van der Waals surface area contributed by atoms with E-state index in [-0.39, 0.29) is 22.3 Å². The van der Waals surface area contributed by atoms with Crippen molar-refractivity contribution in [2.45, 2.75) is 119 Å². The van der Waals surface area contributed by atoms with E-state index in [2.05, 4.69) is 113 Å². The van der Waals surface area contributed by atoms with Gasteiger partial charge in [-0.15, -0.1) is 11.8 Å². The number of rotatable bonds is 6. The largest absolute Gasteiger partial charge is 0.444 e. The molecule has 9 heteroatoms. The van der Waals surface area contributed by atoms with Crippen molar-refractivity contribution in [1.29, 1.82) is 0 Å². The Morgan fingerprint density at radius 1 is 0.880 bits per heavy atom. The molecule has 2 N–H and O–H groups in total. The zero-order valence-electron chi connectivity index (χ0n) is 30.9. The molecule has 7 nitrogen and oxygen atoms in total. The third kappa shape index (κ3) is 6.44. The predicted octanol–water partition coefficient (Wildman–Crippen LogP) is 7.12. The third-order valence-corrected chi connectivity index (χ3v) is 17.5. The molecule has 0 radical (unpaired) electrons. The smallest absolute Gasteiger partial charge is 0.411 e. The Balaban J connectivity index is 1.49. The topological polar surface area (TPSA) is 88.1 Å². The van der Waals surface area contributed by atoms with E-state index >= 15 is 0 Å². The van der Waals surface area contributed by atoms with Crippen molar-refractivity contribution in [3.63, 3.8) is 0 Å². The van der Waals surface area contributed by atoms with Crippen LogP contribution in [0.25, 0.3) is 0 Å². The second-order valence-electron chi connectivity index (χ2n) is 17.1. The second kappa shape index (κ2) is 13.1. The Labute approximate surface area is 303 Å². The van der Waals surface area contributed by atoms with Gasteiger partial charge in [0.15, 0.2) is 0 Å². The molecule has 3 aliphatic rings. The van der Waals surface area contributed by atoms with Gasteiger partial charge in [0, 0.05) is 29.0 Å². The standard InChI is InChI=1S/C41H54N2O5SSi/c1-37(2,3)47-36(45)43-26-18-25-40(43)28-33-39(7,8)34(32(27-41(33,46)42-35(40)44)49-29-19-12-9-13-20-29)48-50(38(4,5)6,30-21-14-10-15-22-30)31-23-16-11-17-24-31/h9-17,19-24,32-34,46H,18,25-28H2,1-8H3,(H,42,44)/t32-,33+,34+,40+,41-/m0/s1. The average molecular weight is 715 g/mol. The van der Waals surface area contributed by atoms with Crippen LogP contribution < -0.4 is 15.7 Å². The van der Waals surface area contributed by atoms with Crippen LogP contribution in [0, 0.1) is 11.3 Å². The molecule has 0 bridgehead atoms. The van der Waals surface area contributed by atoms with Crippen molar-refractivity contribution in [3.8, 4) is 0 Å². The van der Waals surface area contributed by atoms with Crippen molar-refractivity contribution in [1.82, 2.24) is 10.2 Å². The van der Waals surface area contributed by atoms with Gasteiger partial charge in [-0.25, -0.2) is 4.79 Å². The molecular formula is C41H54N2O5SSi. The summed E-state index contributed by atoms with van der Waals surface area (Å²) in [6.07, 6.45) is 1.02. The van der Waals surface area contributed by atoms with Gasteiger partial charge < -0.3 is 19.6 Å². The van der Waals surface area contributed by atoms with Crippen LogP contribution in [0.4, 0.5) is 4.79 Å². The Morgan fingerprint density at radius 2 is 1.42 bits per heavy atom. The van der Waals surface area contributed by atoms with Crippen LogP contribution in [-0.2, 0) is 14.0 Å². The molecule has 2 heterocycles. The second-order valence-corrected chi connectivity index (χ2v) is 22.7. The summed E-state index contributed by atoms with van der Waals surface area (Å²) in [5.74, 6) is -0.711. The van der Waals surface area contributed by atoms with E-state index in [1.807, 2.05) is 39.0 Å². The first-order chi connectivity index (χ1) is 23.4. The summed E-state index contributed by atoms with van der Waals surface area (Å²) in [6.45, 7) is 17.2. The number of carbonyl (C=O) groups is 2. The molecule has 268 valence electrons. The molecule has 50 heavy (non-hydrogen) atoms. The maximum Gasteiger partial charge on any atom is 0.411 e. The molecule has 1 saturated carbocycles. The first-order valence-electron chi connectivity index (χ1n) is 18.0. The first kappa shape index (κ1) is 36.7. The summed E-state index contributed by atoms with van der Waals surface area (Å²) in [4.78, 5) is 30.7. The van der Waals surface area contributed by atoms with E-state index in [0.717, 1.165) is 4.90 Å². The summed E-state index contributed by atoms with van der Waals surface area (Å²) in [5, 5.41) is 17.7. The Morgan fingerprint density at radius 3 is 1.94 bits per heavy atom. The number of likely N-dealkylation sites (tertiary alicyclic amines) is 1. The highest BCUT2D eigenvalue weighted by Crippen LogP contribution is 2.58. The highest BCUT2D eigenvalue weighted by Gasteiger charge is 2.68. The number of benzene rings is 3. The van der Waals surface area contributed by atoms with Gasteiger partial charge in [-0.1, -0.05) is 113 Å². The molecule has 5 atom stereocenters. The van der Waals surface area contributed by atoms with Crippen LogP contribution in [0.15, 0.2) is 95.9 Å². The van der Waals surface area contributed by atoms with Crippen LogP contribution >= 0.6 is 11.8 Å². The van der Waals surface area contributed by atoms with E-state index in [1.54, 1.807) is 16.7 Å². The van der Waals surface area contributed by atoms with Crippen LogP contribution in [0.2, 0.25) is 5.04 Å². The van der Waals surface area contributed by atoms with Crippen molar-refractivity contribution in [3.05, 3.63) is 91.0 Å². The number of ether oxygens (including phenoxy) is 1. The minimum absolute atomic E-state index is 0.199. The molecule has 3 aromatic carbocycles. The molecule has 2 aliphatic heterocycles. The Hall–Kier alpha value is -3.11. The lowest BCUT2D eigenvalue weighted by Crippen LogP contribution is -2.78. The molecule has 1 spiro atoms. The van der Waals surface area contributed by atoms with Crippen LogP contribution in [0.3, 0.4) is 0 Å². The highest BCUT2D eigenvalue weighted by molar-refractivity contribution is 8.00. The third-order valence-electron chi connectivity index (χ3n) is 11.2. The van der Waals surface area contributed by atoms with Crippen LogP contribution in [0.5, 0.6) is 0 Å². The molecule has 2 amide bonds. The van der Waals surface area contributed by atoms with Gasteiger partial charge in [0.2, 0.25) is 5.91 Å². The fourth-order valence-electron chi connectivity index (χ4n) is 8.96. The number of thioether (sulfide) groups is 1. The SMILES string of the molecule is CC(C)(C)OC(=O)N1CCC[C@]12C[C@@H]1C(C)(C)[C@H](O[Si](c3ccccc3)(c3ccccc3)C(C)(C)C)[C@@H](Sc3ccccc3)C[C@@]1(O)NC2=O. The fourth-order valence-corrected chi connectivity index (χ4v) is 15.5. The van der Waals surface area contributed by atoms with E-state index < -0.39 is 42.6 Å². The number of hydrogen-bond acceptors (Lipinski definition) is 6. The quantitative estimate of drug-likeness (QED) is 0.265. The summed E-state index contributed by atoms with van der Waals surface area (Å²) < 4.78 is 13.9. The Bertz CT molecular complexity index is 1640. The number of piperidine rings is 1. The van der Waals surface area contributed by atoms with Crippen molar-refractivity contribution in [2.75, 3.05) is 6.54 Å². The first-order valence-corrected chi connectivity index (χ1v) is 20.8. The zero-order valence-corrected chi connectivity index (χ0v) is 32.7. The number of nitrogens with one attached hydrogen (secondary N) is 1. The van der Waals surface area contributed by atoms with Crippen LogP contribution in [0.1, 0.15) is 81.1 Å². The molecule has 3 aromatic rings. The number of carbonyl (C=O) groups excluding carboxylic acids is 2. The summed E-state index contributed by atoms with van der Waals surface area (Å²) in [5.41, 5.74) is -3.95. The minimum atomic E-state index is -3.04. The zero-order chi connectivity index (χ0) is 36.2. The van der Waals surface area contributed by atoms with Crippen molar-refractivity contribution < 1.29 is 23.9 Å². The molecular weight excluding hydrogens is 661 g/mol. The minimum Gasteiger partial charge on any atom is -0.444 e. The maximum atomic E-state index is 14.3. The van der Waals surface area contributed by atoms with Crippen LogP contribution in [-0.4, -0.2) is 65.1 Å². The number of nitrogens with zero attached hydrogens (tertiary/aromatic N) is 1. The van der Waals surface area contributed by atoms with Crippen molar-refractivity contribution in [2.24, 2.45) is 11.3 Å². The lowest BCUT2D eigenvalue weighted by atomic mass is 9.57. The molecule has 0 aromatic heterocycles. The highest BCUT2D eigenvalue weighted by atomic mass is 32.2. The summed E-state index contributed by atoms with van der Waals surface area (Å²) in [6, 6.07) is 31.6. The van der Waals surface area contributed by atoms with Gasteiger partial charge in [-0.2, -0.15) is 0 Å². The van der Waals surface area contributed by atoms with Gasteiger partial charge in [-0.05, 0) is 73.0 Å². The molecule has 2 saturated heterocycles. The van der Waals surface area contributed by atoms with E-state index in [9.17, 15) is 14.7 Å². The summed E-state index contributed by atoms with van der Waals surface area (Å²) in [7, 11) is -3.04. The van der Waals surface area contributed by atoms with E-state index in [4.69, 9.17) is 9.16 Å². The Kier molecular flexibility index (Phi) is 9.64. The lowest BCUT2D eigenvalue weighted by Gasteiger charge is -2.62. The normalized spacial score (nSPS) is 28.2. The van der Waals surface area contributed by atoms with Gasteiger partial charge in [0.1, 0.15) is 16.9 Å². The fraction of sp³-hybridized carbons (Fsp3) is 0.512. The monoisotopic (exact) mass is 714 g/mol. The lowest BCUT2D eigenvalue weighted by molar-refractivity contribution is -0.199. The van der Waals surface area contributed by atoms with Gasteiger partial charge >= 0.3 is 6.09 Å². The predicted molar refractivity (Wildman–Crippen MR) is 203 cm³/mol. The van der Waals surface area contributed by atoms with Crippen molar-refractivity contribution >= 4 is 42.5 Å². The molecule has 6 rings (SSSR count). The van der Waals surface area contributed by atoms with Gasteiger partial charge in [0.05, 0.1) is 6.10 Å². The average Bonchev–Trinajstić information content (AvgIpc) is 3.47. The number of fused-ring (bicyclic) bond motifs is 1. The van der Waals surface area contributed by atoms with E-state index in [1.165, 1.54) is 10.4 Å². The van der Waals surface area contributed by atoms with Gasteiger partial charge in [-0.3, -0.25) is 9.69 Å². The van der Waals surface area contributed by atoms with Gasteiger partial charge in [0.25, 0.3) is 8.32 Å². The number of amides is 2. The molecule has 3 fully saturated rings. The summed E-state index contributed by atoms with van der Waals surface area (Å²) >= 11 is 1.71. The maximum absolute atomic E-state index is 14.3. The molecule has 0 unspecified atom stereocenters. The number of aliphatic hydroxyl groups is 1.